The van der Waals surface area contributed by atoms with Crippen molar-refractivity contribution in [2.45, 2.75) is 25.8 Å². The molecule has 1 aliphatic rings. The number of aromatic nitrogens is 1. The zero-order valence-corrected chi connectivity index (χ0v) is 12.6. The first kappa shape index (κ1) is 14.5. The Balaban J connectivity index is 1.85. The van der Waals surface area contributed by atoms with Gasteiger partial charge in [-0.25, -0.2) is 0 Å². The van der Waals surface area contributed by atoms with E-state index in [9.17, 15) is 9.59 Å². The summed E-state index contributed by atoms with van der Waals surface area (Å²) in [5.74, 6) is -0.0713. The lowest BCUT2D eigenvalue weighted by Gasteiger charge is -2.34. The number of piperazine rings is 1. The van der Waals surface area contributed by atoms with Crippen LogP contribution in [0.25, 0.3) is 10.9 Å². The molecule has 3 rings (SSSR count). The number of nitrogens with zero attached hydrogens (tertiary/aromatic N) is 2. The number of benzene rings is 1. The Hall–Kier alpha value is -2.43. The Morgan fingerprint density at radius 3 is 3.00 bits per heavy atom. The molecule has 1 saturated heterocycles. The van der Waals surface area contributed by atoms with Crippen LogP contribution in [0.15, 0.2) is 36.5 Å². The molecule has 1 aromatic heterocycles. The summed E-state index contributed by atoms with van der Waals surface area (Å²) >= 11 is 0. The number of rotatable bonds is 3. The van der Waals surface area contributed by atoms with Gasteiger partial charge in [0, 0.05) is 24.7 Å². The molecule has 0 radical (unpaired) electrons. The van der Waals surface area contributed by atoms with Crippen LogP contribution in [0.3, 0.4) is 0 Å². The van der Waals surface area contributed by atoms with Crippen LogP contribution < -0.4 is 5.32 Å². The van der Waals surface area contributed by atoms with E-state index >= 15 is 0 Å². The number of fused-ring (bicyclic) bond motifs is 1. The van der Waals surface area contributed by atoms with Gasteiger partial charge in [0.05, 0.1) is 11.9 Å². The lowest BCUT2D eigenvalue weighted by Crippen LogP contribution is -2.57. The summed E-state index contributed by atoms with van der Waals surface area (Å²) in [4.78, 5) is 30.6. The molecule has 2 heterocycles. The van der Waals surface area contributed by atoms with Gasteiger partial charge in [-0.05, 0) is 18.1 Å². The lowest BCUT2D eigenvalue weighted by molar-refractivity contribution is -0.142. The largest absolute Gasteiger partial charge is 0.353 e. The van der Waals surface area contributed by atoms with Gasteiger partial charge in [0.2, 0.25) is 11.8 Å². The topological polar surface area (TPSA) is 62.3 Å². The van der Waals surface area contributed by atoms with Crippen molar-refractivity contribution in [1.29, 1.82) is 0 Å². The van der Waals surface area contributed by atoms with E-state index in [1.807, 2.05) is 37.3 Å². The highest BCUT2D eigenvalue weighted by Gasteiger charge is 2.31. The van der Waals surface area contributed by atoms with Gasteiger partial charge in [-0.1, -0.05) is 31.2 Å². The van der Waals surface area contributed by atoms with Gasteiger partial charge < -0.3 is 10.2 Å². The van der Waals surface area contributed by atoms with Crippen molar-refractivity contribution in [3.63, 3.8) is 0 Å². The Kier molecular flexibility index (Phi) is 4.04. The average molecular weight is 297 g/mol. The maximum absolute atomic E-state index is 12.6. The third-order valence-corrected chi connectivity index (χ3v) is 4.10. The molecule has 1 N–H and O–H groups in total. The third kappa shape index (κ3) is 2.66. The van der Waals surface area contributed by atoms with Gasteiger partial charge in [-0.15, -0.1) is 0 Å². The van der Waals surface area contributed by atoms with Crippen LogP contribution in [-0.2, 0) is 16.0 Å². The molecule has 22 heavy (non-hydrogen) atoms. The van der Waals surface area contributed by atoms with Crippen LogP contribution >= 0.6 is 0 Å². The molecular weight excluding hydrogens is 278 g/mol. The minimum absolute atomic E-state index is 0.0140. The number of amides is 2. The fourth-order valence-corrected chi connectivity index (χ4v) is 2.99. The summed E-state index contributed by atoms with van der Waals surface area (Å²) in [6.07, 6.45) is 2.64. The van der Waals surface area contributed by atoms with Gasteiger partial charge >= 0.3 is 0 Å². The minimum atomic E-state index is -0.357. The van der Waals surface area contributed by atoms with E-state index in [0.717, 1.165) is 16.5 Å². The van der Waals surface area contributed by atoms with Crippen molar-refractivity contribution in [3.05, 3.63) is 42.1 Å². The number of hydrogen-bond acceptors (Lipinski definition) is 3. The summed E-state index contributed by atoms with van der Waals surface area (Å²) in [6, 6.07) is 9.37. The molecule has 1 aliphatic heterocycles. The maximum Gasteiger partial charge on any atom is 0.242 e. The second-order valence-electron chi connectivity index (χ2n) is 5.47. The highest BCUT2D eigenvalue weighted by Crippen LogP contribution is 2.18. The van der Waals surface area contributed by atoms with E-state index in [4.69, 9.17) is 0 Å². The highest BCUT2D eigenvalue weighted by atomic mass is 16.2. The molecule has 0 saturated carbocycles. The van der Waals surface area contributed by atoms with Crippen molar-refractivity contribution < 1.29 is 9.59 Å². The number of hydrogen-bond donors (Lipinski definition) is 1. The first-order valence-corrected chi connectivity index (χ1v) is 7.60. The van der Waals surface area contributed by atoms with E-state index in [2.05, 4.69) is 10.3 Å². The first-order chi connectivity index (χ1) is 10.7. The van der Waals surface area contributed by atoms with Crippen LogP contribution in [0.1, 0.15) is 18.9 Å². The standard InChI is InChI=1S/C17H19N3O2/c1-2-14-17(22)19-9-10-20(14)15(21)11-13-6-3-5-12-7-4-8-18-16(12)13/h3-8,14H,2,9-11H2,1H3,(H,19,22)/t14-/m0/s1. The van der Waals surface area contributed by atoms with Crippen LogP contribution in [0.4, 0.5) is 0 Å². The lowest BCUT2D eigenvalue weighted by atomic mass is 10.0. The van der Waals surface area contributed by atoms with Gasteiger partial charge in [0.1, 0.15) is 6.04 Å². The average Bonchev–Trinajstić information content (AvgIpc) is 2.55. The molecule has 2 amide bonds. The van der Waals surface area contributed by atoms with Gasteiger partial charge in [-0.2, -0.15) is 0 Å². The highest BCUT2D eigenvalue weighted by molar-refractivity contribution is 5.92. The van der Waals surface area contributed by atoms with E-state index in [-0.39, 0.29) is 24.3 Å². The Morgan fingerprint density at radius 2 is 2.18 bits per heavy atom. The number of carbonyl (C=O) groups excluding carboxylic acids is 2. The normalized spacial score (nSPS) is 18.3. The molecular formula is C17H19N3O2. The molecule has 0 aliphatic carbocycles. The summed E-state index contributed by atoms with van der Waals surface area (Å²) in [5, 5.41) is 3.84. The Bertz CT molecular complexity index is 709. The third-order valence-electron chi connectivity index (χ3n) is 4.10. The zero-order valence-electron chi connectivity index (χ0n) is 12.6. The van der Waals surface area contributed by atoms with Gasteiger partial charge in [0.25, 0.3) is 0 Å². The Labute approximate surface area is 129 Å². The van der Waals surface area contributed by atoms with Crippen LogP contribution in [0, 0.1) is 0 Å². The number of para-hydroxylation sites is 1. The summed E-state index contributed by atoms with van der Waals surface area (Å²) < 4.78 is 0. The molecule has 1 atom stereocenters. The van der Waals surface area contributed by atoms with Crippen molar-refractivity contribution in [3.8, 4) is 0 Å². The predicted molar refractivity (Wildman–Crippen MR) is 84.2 cm³/mol. The van der Waals surface area contributed by atoms with E-state index in [0.29, 0.717) is 19.5 Å². The molecule has 5 heteroatoms. The summed E-state index contributed by atoms with van der Waals surface area (Å²) in [7, 11) is 0. The SMILES string of the molecule is CC[C@H]1C(=O)NCCN1C(=O)Cc1cccc2cccnc12. The van der Waals surface area contributed by atoms with Crippen LogP contribution in [0.5, 0.6) is 0 Å². The second-order valence-corrected chi connectivity index (χ2v) is 5.47. The molecule has 0 bridgehead atoms. The second kappa shape index (κ2) is 6.13. The van der Waals surface area contributed by atoms with Crippen molar-refractivity contribution >= 4 is 22.7 Å². The summed E-state index contributed by atoms with van der Waals surface area (Å²) in [6.45, 7) is 3.02. The predicted octanol–water partition coefficient (Wildman–Crippen LogP) is 1.51. The number of nitrogens with one attached hydrogen (secondary N) is 1. The van der Waals surface area contributed by atoms with Gasteiger partial charge in [-0.3, -0.25) is 14.6 Å². The van der Waals surface area contributed by atoms with Crippen molar-refractivity contribution in [2.75, 3.05) is 13.1 Å². The quantitative estimate of drug-likeness (QED) is 0.934. The molecule has 0 unspecified atom stereocenters. The van der Waals surface area contributed by atoms with E-state index < -0.39 is 0 Å². The summed E-state index contributed by atoms with van der Waals surface area (Å²) in [5.41, 5.74) is 1.76. The molecule has 2 aromatic rings. The van der Waals surface area contributed by atoms with Gasteiger partial charge in [0.15, 0.2) is 0 Å². The number of carbonyl (C=O) groups is 2. The van der Waals surface area contributed by atoms with E-state index in [1.54, 1.807) is 11.1 Å². The molecule has 0 spiro atoms. The van der Waals surface area contributed by atoms with Crippen LogP contribution in [0.2, 0.25) is 0 Å². The van der Waals surface area contributed by atoms with Crippen molar-refractivity contribution in [1.82, 2.24) is 15.2 Å². The fourth-order valence-electron chi connectivity index (χ4n) is 2.99. The van der Waals surface area contributed by atoms with E-state index in [1.165, 1.54) is 0 Å². The van der Waals surface area contributed by atoms with Crippen molar-refractivity contribution in [2.24, 2.45) is 0 Å². The molecule has 1 aromatic carbocycles. The Morgan fingerprint density at radius 1 is 1.36 bits per heavy atom. The van der Waals surface area contributed by atoms with Crippen LogP contribution in [-0.4, -0.2) is 40.8 Å². The molecule has 5 nitrogen and oxygen atoms in total. The maximum atomic E-state index is 12.6. The smallest absolute Gasteiger partial charge is 0.242 e. The minimum Gasteiger partial charge on any atom is -0.353 e. The first-order valence-electron chi connectivity index (χ1n) is 7.60. The fraction of sp³-hybridized carbons (Fsp3) is 0.353. The monoisotopic (exact) mass is 297 g/mol. The zero-order chi connectivity index (χ0) is 15.5. The number of pyridine rings is 1. The molecule has 114 valence electrons. The molecule has 1 fully saturated rings.